The van der Waals surface area contributed by atoms with Gasteiger partial charge in [-0.3, -0.25) is 4.68 Å². The van der Waals surface area contributed by atoms with E-state index in [0.717, 1.165) is 24.4 Å². The van der Waals surface area contributed by atoms with Gasteiger partial charge in [-0.25, -0.2) is 8.78 Å². The SMILES string of the molecule is CCc1cc(CC(NC)c2c(F)cccc2F)n(CC)n1. The molecule has 1 heterocycles. The smallest absolute Gasteiger partial charge is 0.130 e. The lowest BCUT2D eigenvalue weighted by molar-refractivity contribution is 0.476. The summed E-state index contributed by atoms with van der Waals surface area (Å²) in [4.78, 5) is 0. The fourth-order valence-corrected chi connectivity index (χ4v) is 2.53. The molecule has 3 nitrogen and oxygen atoms in total. The maximum Gasteiger partial charge on any atom is 0.130 e. The molecule has 1 aromatic carbocycles. The summed E-state index contributed by atoms with van der Waals surface area (Å²) >= 11 is 0. The molecule has 0 bridgehead atoms. The van der Waals surface area contributed by atoms with Crippen molar-refractivity contribution >= 4 is 0 Å². The van der Waals surface area contributed by atoms with Gasteiger partial charge in [0.05, 0.1) is 5.69 Å². The lowest BCUT2D eigenvalue weighted by Crippen LogP contribution is -2.23. The molecule has 0 aliphatic heterocycles. The monoisotopic (exact) mass is 293 g/mol. The van der Waals surface area contributed by atoms with Gasteiger partial charge in [0.1, 0.15) is 11.6 Å². The van der Waals surface area contributed by atoms with Crippen LogP contribution in [0.1, 0.15) is 36.8 Å². The molecular weight excluding hydrogens is 272 g/mol. The summed E-state index contributed by atoms with van der Waals surface area (Å²) in [5.74, 6) is -1.04. The molecule has 2 rings (SSSR count). The summed E-state index contributed by atoms with van der Waals surface area (Å²) < 4.78 is 29.8. The maximum atomic E-state index is 13.9. The van der Waals surface area contributed by atoms with Gasteiger partial charge in [-0.1, -0.05) is 13.0 Å². The van der Waals surface area contributed by atoms with Crippen molar-refractivity contribution < 1.29 is 8.78 Å². The van der Waals surface area contributed by atoms with E-state index >= 15 is 0 Å². The minimum absolute atomic E-state index is 0.0851. The third-order valence-electron chi connectivity index (χ3n) is 3.69. The van der Waals surface area contributed by atoms with Gasteiger partial charge in [0, 0.05) is 30.3 Å². The summed E-state index contributed by atoms with van der Waals surface area (Å²) in [7, 11) is 1.71. The number of hydrogen-bond acceptors (Lipinski definition) is 2. The Bertz CT molecular complexity index is 587. The minimum Gasteiger partial charge on any atom is -0.312 e. The fraction of sp³-hybridized carbons (Fsp3) is 0.438. The number of hydrogen-bond donors (Lipinski definition) is 1. The summed E-state index contributed by atoms with van der Waals surface area (Å²) in [6.45, 7) is 4.79. The molecule has 1 aromatic heterocycles. The van der Waals surface area contributed by atoms with Crippen molar-refractivity contribution in [3.63, 3.8) is 0 Å². The van der Waals surface area contributed by atoms with Crippen LogP contribution >= 0.6 is 0 Å². The second kappa shape index (κ2) is 6.80. The van der Waals surface area contributed by atoms with E-state index in [0.29, 0.717) is 6.42 Å². The fourth-order valence-electron chi connectivity index (χ4n) is 2.53. The highest BCUT2D eigenvalue weighted by molar-refractivity contribution is 5.25. The Morgan fingerprint density at radius 3 is 2.43 bits per heavy atom. The molecule has 0 aliphatic carbocycles. The number of likely N-dealkylation sites (N-methyl/N-ethyl adjacent to an activating group) is 1. The van der Waals surface area contributed by atoms with Gasteiger partial charge in [0.2, 0.25) is 0 Å². The average molecular weight is 293 g/mol. The predicted molar refractivity (Wildman–Crippen MR) is 79.1 cm³/mol. The van der Waals surface area contributed by atoms with Crippen LogP contribution in [0.15, 0.2) is 24.3 Å². The summed E-state index contributed by atoms with van der Waals surface area (Å²) in [5, 5.41) is 7.48. The molecule has 0 aliphatic rings. The van der Waals surface area contributed by atoms with Gasteiger partial charge in [0.25, 0.3) is 0 Å². The molecule has 114 valence electrons. The molecule has 2 aromatic rings. The second-order valence-corrected chi connectivity index (χ2v) is 4.98. The number of aromatic nitrogens is 2. The molecule has 0 saturated heterocycles. The van der Waals surface area contributed by atoms with Gasteiger partial charge in [-0.2, -0.15) is 5.10 Å². The summed E-state index contributed by atoms with van der Waals surface area (Å²) in [6, 6.07) is 5.55. The van der Waals surface area contributed by atoms with E-state index in [4.69, 9.17) is 0 Å². The zero-order chi connectivity index (χ0) is 15.4. The Hall–Kier alpha value is -1.75. The van der Waals surface area contributed by atoms with Gasteiger partial charge >= 0.3 is 0 Å². The first-order valence-electron chi connectivity index (χ1n) is 7.27. The van der Waals surface area contributed by atoms with Crippen LogP contribution in [0, 0.1) is 11.6 Å². The van der Waals surface area contributed by atoms with Crippen molar-refractivity contribution in [3.8, 4) is 0 Å². The zero-order valence-corrected chi connectivity index (χ0v) is 12.7. The molecule has 0 radical (unpaired) electrons. The number of benzene rings is 1. The van der Waals surface area contributed by atoms with Crippen molar-refractivity contribution in [1.29, 1.82) is 0 Å². The normalized spacial score (nSPS) is 12.6. The lowest BCUT2D eigenvalue weighted by atomic mass is 10.0. The van der Waals surface area contributed by atoms with Crippen LogP contribution in [-0.2, 0) is 19.4 Å². The number of nitrogens with zero attached hydrogens (tertiary/aromatic N) is 2. The van der Waals surface area contributed by atoms with E-state index in [-0.39, 0.29) is 5.56 Å². The molecule has 5 heteroatoms. The van der Waals surface area contributed by atoms with Crippen LogP contribution in [0.2, 0.25) is 0 Å². The number of halogens is 2. The van der Waals surface area contributed by atoms with Gasteiger partial charge in [-0.15, -0.1) is 0 Å². The van der Waals surface area contributed by atoms with Crippen LogP contribution in [0.4, 0.5) is 8.78 Å². The van der Waals surface area contributed by atoms with Gasteiger partial charge < -0.3 is 5.32 Å². The molecule has 1 unspecified atom stereocenters. The first-order valence-corrected chi connectivity index (χ1v) is 7.27. The van der Waals surface area contributed by atoms with E-state index in [1.54, 1.807) is 7.05 Å². The third kappa shape index (κ3) is 3.29. The first-order chi connectivity index (χ1) is 10.1. The highest BCUT2D eigenvalue weighted by Gasteiger charge is 2.21. The largest absolute Gasteiger partial charge is 0.312 e. The predicted octanol–water partition coefficient (Wildman–Crippen LogP) is 3.25. The van der Waals surface area contributed by atoms with Crippen LogP contribution in [-0.4, -0.2) is 16.8 Å². The van der Waals surface area contributed by atoms with E-state index in [1.165, 1.54) is 18.2 Å². The molecule has 0 saturated carbocycles. The van der Waals surface area contributed by atoms with E-state index in [1.807, 2.05) is 24.6 Å². The first kappa shape index (κ1) is 15.6. The summed E-state index contributed by atoms with van der Waals surface area (Å²) in [6.07, 6.45) is 1.34. The zero-order valence-electron chi connectivity index (χ0n) is 12.7. The molecule has 21 heavy (non-hydrogen) atoms. The quantitative estimate of drug-likeness (QED) is 0.886. The van der Waals surface area contributed by atoms with E-state index < -0.39 is 17.7 Å². The number of rotatable bonds is 6. The van der Waals surface area contributed by atoms with Crippen molar-refractivity contribution in [1.82, 2.24) is 15.1 Å². The second-order valence-electron chi connectivity index (χ2n) is 4.98. The third-order valence-corrected chi connectivity index (χ3v) is 3.69. The summed E-state index contributed by atoms with van der Waals surface area (Å²) in [5.41, 5.74) is 2.06. The molecule has 1 N–H and O–H groups in total. The molecule has 0 spiro atoms. The molecule has 0 fully saturated rings. The van der Waals surface area contributed by atoms with Crippen LogP contribution < -0.4 is 5.32 Å². The molecular formula is C16H21F2N3. The highest BCUT2D eigenvalue weighted by Crippen LogP contribution is 2.24. The van der Waals surface area contributed by atoms with Crippen molar-refractivity contribution in [2.45, 2.75) is 39.3 Å². The number of aryl methyl sites for hydroxylation is 2. The van der Waals surface area contributed by atoms with E-state index in [2.05, 4.69) is 10.4 Å². The van der Waals surface area contributed by atoms with E-state index in [9.17, 15) is 8.78 Å². The van der Waals surface area contributed by atoms with Crippen LogP contribution in [0.3, 0.4) is 0 Å². The Morgan fingerprint density at radius 1 is 1.24 bits per heavy atom. The highest BCUT2D eigenvalue weighted by atomic mass is 19.1. The van der Waals surface area contributed by atoms with Crippen molar-refractivity contribution in [3.05, 3.63) is 52.9 Å². The van der Waals surface area contributed by atoms with Gasteiger partial charge in [0.15, 0.2) is 0 Å². The molecule has 1 atom stereocenters. The topological polar surface area (TPSA) is 29.9 Å². The lowest BCUT2D eigenvalue weighted by Gasteiger charge is -2.18. The van der Waals surface area contributed by atoms with Crippen molar-refractivity contribution in [2.75, 3.05) is 7.05 Å². The maximum absolute atomic E-state index is 13.9. The minimum atomic E-state index is -0.521. The van der Waals surface area contributed by atoms with Crippen molar-refractivity contribution in [2.24, 2.45) is 0 Å². The Morgan fingerprint density at radius 2 is 1.90 bits per heavy atom. The Kier molecular flexibility index (Phi) is 5.07. The number of nitrogens with one attached hydrogen (secondary N) is 1. The average Bonchev–Trinajstić information content (AvgIpc) is 2.88. The molecule has 0 amide bonds. The van der Waals surface area contributed by atoms with Crippen LogP contribution in [0.25, 0.3) is 0 Å². The Labute approximate surface area is 124 Å². The van der Waals surface area contributed by atoms with Crippen LogP contribution in [0.5, 0.6) is 0 Å². The Balaban J connectivity index is 2.33. The standard InChI is InChI=1S/C16H21F2N3/c1-4-11-9-12(21(5-2)20-11)10-15(19-3)16-13(17)7-6-8-14(16)18/h6-9,15,19H,4-5,10H2,1-3H3. The van der Waals surface area contributed by atoms with Gasteiger partial charge in [-0.05, 0) is 38.6 Å².